The first-order chi connectivity index (χ1) is 17.5. The largest absolute Gasteiger partial charge is 0.496 e. The van der Waals surface area contributed by atoms with Crippen molar-refractivity contribution in [1.82, 2.24) is 14.5 Å². The maximum atomic E-state index is 13.7. The molecule has 2 amide bonds. The maximum absolute atomic E-state index is 13.7. The Balaban J connectivity index is 1.89. The van der Waals surface area contributed by atoms with E-state index in [0.717, 1.165) is 9.87 Å². The van der Waals surface area contributed by atoms with Gasteiger partial charge >= 0.3 is 5.97 Å². The topological polar surface area (TPSA) is 122 Å². The molecular formula is C26H33N3O7S. The summed E-state index contributed by atoms with van der Waals surface area (Å²) in [5, 5.41) is 2.81. The van der Waals surface area contributed by atoms with E-state index in [-0.39, 0.29) is 48.3 Å². The highest BCUT2D eigenvalue weighted by Crippen LogP contribution is 2.27. The van der Waals surface area contributed by atoms with Gasteiger partial charge in [-0.05, 0) is 35.2 Å². The Hall–Kier alpha value is -3.44. The number of hydrogen-bond donors (Lipinski definition) is 1. The van der Waals surface area contributed by atoms with Crippen LogP contribution < -0.4 is 10.1 Å². The van der Waals surface area contributed by atoms with Crippen LogP contribution in [0.5, 0.6) is 5.75 Å². The predicted molar refractivity (Wildman–Crippen MR) is 137 cm³/mol. The van der Waals surface area contributed by atoms with E-state index in [0.29, 0.717) is 5.92 Å². The van der Waals surface area contributed by atoms with Gasteiger partial charge in [-0.3, -0.25) is 9.59 Å². The van der Waals surface area contributed by atoms with Gasteiger partial charge in [0.1, 0.15) is 17.4 Å². The monoisotopic (exact) mass is 531 g/mol. The lowest BCUT2D eigenvalue weighted by Crippen LogP contribution is -2.61. The van der Waals surface area contributed by atoms with Crippen molar-refractivity contribution in [3.8, 4) is 5.75 Å². The van der Waals surface area contributed by atoms with Crippen molar-refractivity contribution in [3.63, 3.8) is 0 Å². The van der Waals surface area contributed by atoms with E-state index in [2.05, 4.69) is 19.2 Å². The Morgan fingerprint density at radius 1 is 1.05 bits per heavy atom. The van der Waals surface area contributed by atoms with Crippen molar-refractivity contribution in [3.05, 3.63) is 59.2 Å². The van der Waals surface area contributed by atoms with E-state index in [9.17, 15) is 22.8 Å². The molecule has 3 rings (SSSR count). The number of methoxy groups -OCH3 is 2. The lowest BCUT2D eigenvalue weighted by atomic mass is 10.0. The molecule has 0 spiro atoms. The van der Waals surface area contributed by atoms with Crippen molar-refractivity contribution in [1.29, 1.82) is 0 Å². The molecule has 0 aromatic heterocycles. The van der Waals surface area contributed by atoms with E-state index in [1.54, 1.807) is 0 Å². The van der Waals surface area contributed by atoms with Crippen molar-refractivity contribution in [2.45, 2.75) is 44.2 Å². The maximum Gasteiger partial charge on any atom is 0.341 e. The molecule has 0 aliphatic carbocycles. The average molecular weight is 532 g/mol. The van der Waals surface area contributed by atoms with Crippen molar-refractivity contribution >= 4 is 27.8 Å². The summed E-state index contributed by atoms with van der Waals surface area (Å²) in [5.41, 5.74) is 1.98. The second-order valence-electron chi connectivity index (χ2n) is 9.06. The third kappa shape index (κ3) is 6.28. The molecular weight excluding hydrogens is 498 g/mol. The molecule has 1 N–H and O–H groups in total. The van der Waals surface area contributed by atoms with E-state index < -0.39 is 27.9 Å². The lowest BCUT2D eigenvalue weighted by molar-refractivity contribution is -0.134. The number of rotatable bonds is 8. The fourth-order valence-corrected chi connectivity index (χ4v) is 5.73. The van der Waals surface area contributed by atoms with Crippen LogP contribution in [0.3, 0.4) is 0 Å². The Bertz CT molecular complexity index is 1260. The molecule has 1 atom stereocenters. The van der Waals surface area contributed by atoms with Crippen LogP contribution in [0.4, 0.5) is 0 Å². The van der Waals surface area contributed by atoms with E-state index >= 15 is 0 Å². The van der Waals surface area contributed by atoms with E-state index in [1.807, 2.05) is 24.3 Å². The summed E-state index contributed by atoms with van der Waals surface area (Å²) >= 11 is 0. The number of carbonyl (C=O) groups is 3. The Labute approximate surface area is 217 Å². The number of amides is 2. The smallest absolute Gasteiger partial charge is 0.341 e. The zero-order chi connectivity index (χ0) is 27.3. The Morgan fingerprint density at radius 2 is 1.73 bits per heavy atom. The standard InChI is InChI=1S/C26H33N3O7S/c1-17(2)20-8-6-19(7-9-20)15-27-25(31)23-16-28(18(3)30)12-13-29(23)37(33,34)21-10-11-24(35-4)22(14-21)26(32)36-5/h6-11,14,17,23H,12-13,15-16H2,1-5H3,(H,27,31)/t23-/m1/s1. The minimum absolute atomic E-state index is 0.0562. The van der Waals surface area contributed by atoms with Crippen LogP contribution in [0.25, 0.3) is 0 Å². The predicted octanol–water partition coefficient (Wildman–Crippen LogP) is 2.14. The summed E-state index contributed by atoms with van der Waals surface area (Å²) in [6.07, 6.45) is 0. The highest BCUT2D eigenvalue weighted by molar-refractivity contribution is 7.89. The summed E-state index contributed by atoms with van der Waals surface area (Å²) in [6.45, 7) is 5.72. The number of nitrogens with one attached hydrogen (secondary N) is 1. The molecule has 11 heteroatoms. The van der Waals surface area contributed by atoms with Crippen LogP contribution in [0.1, 0.15) is 48.2 Å². The SMILES string of the molecule is COC(=O)c1cc(S(=O)(=O)N2CCN(C(C)=O)C[C@@H]2C(=O)NCc2ccc(C(C)C)cc2)ccc1OC. The summed E-state index contributed by atoms with van der Waals surface area (Å²) in [5.74, 6) is -1.00. The lowest BCUT2D eigenvalue weighted by Gasteiger charge is -2.39. The summed E-state index contributed by atoms with van der Waals surface area (Å²) in [4.78, 5) is 38.8. The summed E-state index contributed by atoms with van der Waals surface area (Å²) in [6, 6.07) is 10.5. The second kappa shape index (κ2) is 11.7. The molecule has 10 nitrogen and oxygen atoms in total. The number of hydrogen-bond acceptors (Lipinski definition) is 7. The second-order valence-corrected chi connectivity index (χ2v) is 11.0. The highest BCUT2D eigenvalue weighted by Gasteiger charge is 2.41. The van der Waals surface area contributed by atoms with Gasteiger partial charge < -0.3 is 19.7 Å². The van der Waals surface area contributed by atoms with Crippen LogP contribution >= 0.6 is 0 Å². The zero-order valence-electron chi connectivity index (χ0n) is 21.7. The molecule has 1 fully saturated rings. The summed E-state index contributed by atoms with van der Waals surface area (Å²) in [7, 11) is -1.69. The third-order valence-corrected chi connectivity index (χ3v) is 8.28. The van der Waals surface area contributed by atoms with Gasteiger partial charge in [0.15, 0.2) is 0 Å². The Kier molecular flexibility index (Phi) is 8.93. The number of nitrogens with zero attached hydrogens (tertiary/aromatic N) is 2. The summed E-state index contributed by atoms with van der Waals surface area (Å²) < 4.78 is 38.3. The van der Waals surface area contributed by atoms with Gasteiger partial charge in [-0.15, -0.1) is 0 Å². The molecule has 2 aromatic carbocycles. The quantitative estimate of drug-likeness (QED) is 0.518. The molecule has 37 heavy (non-hydrogen) atoms. The minimum atomic E-state index is -4.22. The van der Waals surface area contributed by atoms with Gasteiger partial charge in [0.2, 0.25) is 21.8 Å². The molecule has 2 aromatic rings. The van der Waals surface area contributed by atoms with Gasteiger partial charge in [-0.25, -0.2) is 13.2 Å². The van der Waals surface area contributed by atoms with Crippen LogP contribution in [0.2, 0.25) is 0 Å². The molecule has 0 bridgehead atoms. The van der Waals surface area contributed by atoms with Crippen molar-refractivity contribution in [2.24, 2.45) is 0 Å². The van der Waals surface area contributed by atoms with Gasteiger partial charge in [0.25, 0.3) is 0 Å². The number of esters is 1. The van der Waals surface area contributed by atoms with Crippen LogP contribution in [0, 0.1) is 0 Å². The number of piperazine rings is 1. The first-order valence-corrected chi connectivity index (χ1v) is 13.3. The molecule has 200 valence electrons. The third-order valence-electron chi connectivity index (χ3n) is 6.38. The normalized spacial score (nSPS) is 16.4. The molecule has 0 unspecified atom stereocenters. The Morgan fingerprint density at radius 3 is 2.30 bits per heavy atom. The van der Waals surface area contributed by atoms with Crippen LogP contribution in [-0.4, -0.2) is 75.3 Å². The van der Waals surface area contributed by atoms with Crippen LogP contribution in [0.15, 0.2) is 47.4 Å². The van der Waals surface area contributed by atoms with Gasteiger partial charge in [0, 0.05) is 33.1 Å². The number of benzene rings is 2. The molecule has 1 saturated heterocycles. The van der Waals surface area contributed by atoms with Gasteiger partial charge in [-0.1, -0.05) is 38.1 Å². The zero-order valence-corrected chi connectivity index (χ0v) is 22.5. The van der Waals surface area contributed by atoms with Crippen LogP contribution in [-0.2, 0) is 30.9 Å². The minimum Gasteiger partial charge on any atom is -0.496 e. The number of ether oxygens (including phenoxy) is 2. The van der Waals surface area contributed by atoms with Gasteiger partial charge in [-0.2, -0.15) is 4.31 Å². The van der Waals surface area contributed by atoms with Crippen molar-refractivity contribution in [2.75, 3.05) is 33.9 Å². The molecule has 1 heterocycles. The first-order valence-electron chi connectivity index (χ1n) is 11.9. The fourth-order valence-electron chi connectivity index (χ4n) is 4.13. The molecule has 0 saturated carbocycles. The fraction of sp³-hybridized carbons (Fsp3) is 0.423. The molecule has 0 radical (unpaired) electrons. The highest BCUT2D eigenvalue weighted by atomic mass is 32.2. The number of sulfonamides is 1. The molecule has 1 aliphatic rings. The van der Waals surface area contributed by atoms with E-state index in [4.69, 9.17) is 9.47 Å². The molecule has 1 aliphatic heterocycles. The van der Waals surface area contributed by atoms with Gasteiger partial charge in [0.05, 0.1) is 19.1 Å². The van der Waals surface area contributed by atoms with Crippen molar-refractivity contribution < 1.29 is 32.3 Å². The number of carbonyl (C=O) groups excluding carboxylic acids is 3. The van der Waals surface area contributed by atoms with E-state index in [1.165, 1.54) is 49.8 Å². The average Bonchev–Trinajstić information content (AvgIpc) is 2.90. The first kappa shape index (κ1) is 28.1.